The molecule has 4 rings (SSSR count). The van der Waals surface area contributed by atoms with Gasteiger partial charge in [-0.25, -0.2) is 19.7 Å². The Morgan fingerprint density at radius 3 is 2.61 bits per heavy atom. The maximum absolute atomic E-state index is 13.3. The summed E-state index contributed by atoms with van der Waals surface area (Å²) in [7, 11) is 0. The van der Waals surface area contributed by atoms with Crippen LogP contribution in [-0.2, 0) is 4.79 Å². The fourth-order valence-electron chi connectivity index (χ4n) is 3.59. The molecule has 1 aromatic carbocycles. The van der Waals surface area contributed by atoms with E-state index in [1.807, 2.05) is 32.0 Å². The summed E-state index contributed by atoms with van der Waals surface area (Å²) < 4.78 is 12.7. The van der Waals surface area contributed by atoms with E-state index >= 15 is 0 Å². The number of nitrogens with one attached hydrogen (secondary N) is 1. The minimum atomic E-state index is -1.09. The van der Waals surface area contributed by atoms with E-state index in [1.165, 1.54) is 17.0 Å². The Morgan fingerprint density at radius 1 is 1.06 bits per heavy atom. The Morgan fingerprint density at radius 2 is 1.86 bits per heavy atom. The molecule has 2 N–H and O–H groups in total. The molecule has 0 aliphatic carbocycles. The monoisotopic (exact) mass is 487 g/mol. The number of rotatable bonds is 8. The number of benzene rings is 1. The van der Waals surface area contributed by atoms with E-state index in [0.29, 0.717) is 40.1 Å². The SMILES string of the molecule is Cc1cccc(Oc2ncccc2Nc2nccn(-c3cc(C)c(OCC(=O)O)c(C)n3)c2=O)c1C. The van der Waals surface area contributed by atoms with Crippen LogP contribution in [-0.4, -0.2) is 37.2 Å². The summed E-state index contributed by atoms with van der Waals surface area (Å²) in [5.41, 5.74) is 3.21. The summed E-state index contributed by atoms with van der Waals surface area (Å²) in [6.07, 6.45) is 4.58. The molecule has 0 bridgehead atoms. The number of hydrogen-bond acceptors (Lipinski definition) is 8. The predicted molar refractivity (Wildman–Crippen MR) is 134 cm³/mol. The topological polar surface area (TPSA) is 128 Å². The van der Waals surface area contributed by atoms with Gasteiger partial charge in [-0.1, -0.05) is 12.1 Å². The zero-order valence-corrected chi connectivity index (χ0v) is 20.3. The molecule has 3 heterocycles. The van der Waals surface area contributed by atoms with Crippen molar-refractivity contribution in [3.05, 3.63) is 87.7 Å². The predicted octanol–water partition coefficient (Wildman–Crippen LogP) is 4.26. The van der Waals surface area contributed by atoms with Crippen molar-refractivity contribution in [3.8, 4) is 23.2 Å². The highest BCUT2D eigenvalue weighted by Gasteiger charge is 2.15. The summed E-state index contributed by atoms with van der Waals surface area (Å²) in [5, 5.41) is 11.9. The second-order valence-corrected chi connectivity index (χ2v) is 8.13. The Labute approximate surface area is 207 Å². The minimum absolute atomic E-state index is 0.0552. The van der Waals surface area contributed by atoms with Crippen LogP contribution in [0.3, 0.4) is 0 Å². The third-order valence-corrected chi connectivity index (χ3v) is 5.53. The lowest BCUT2D eigenvalue weighted by Crippen LogP contribution is -2.23. The first-order valence-electron chi connectivity index (χ1n) is 11.1. The molecule has 0 atom stereocenters. The molecule has 0 radical (unpaired) electrons. The third-order valence-electron chi connectivity index (χ3n) is 5.53. The molecule has 4 aromatic rings. The van der Waals surface area contributed by atoms with Crippen LogP contribution in [0, 0.1) is 27.7 Å². The molecule has 10 heteroatoms. The van der Waals surface area contributed by atoms with Gasteiger partial charge in [-0.2, -0.15) is 0 Å². The van der Waals surface area contributed by atoms with Gasteiger partial charge in [0.2, 0.25) is 5.88 Å². The maximum atomic E-state index is 13.3. The van der Waals surface area contributed by atoms with Gasteiger partial charge in [0.1, 0.15) is 23.0 Å². The fraction of sp³-hybridized carbons (Fsp3) is 0.192. The van der Waals surface area contributed by atoms with Crippen LogP contribution in [0.1, 0.15) is 22.4 Å². The van der Waals surface area contributed by atoms with Gasteiger partial charge in [0.25, 0.3) is 5.56 Å². The van der Waals surface area contributed by atoms with E-state index in [4.69, 9.17) is 14.6 Å². The number of pyridine rings is 2. The summed E-state index contributed by atoms with van der Waals surface area (Å²) in [6, 6.07) is 10.9. The smallest absolute Gasteiger partial charge is 0.341 e. The van der Waals surface area contributed by atoms with Crippen molar-refractivity contribution in [1.82, 2.24) is 19.5 Å². The normalized spacial score (nSPS) is 10.7. The highest BCUT2D eigenvalue weighted by molar-refractivity contribution is 5.68. The summed E-state index contributed by atoms with van der Waals surface area (Å²) >= 11 is 0. The van der Waals surface area contributed by atoms with Crippen molar-refractivity contribution in [2.24, 2.45) is 0 Å². The summed E-state index contributed by atoms with van der Waals surface area (Å²) in [6.45, 7) is 6.92. The van der Waals surface area contributed by atoms with Crippen LogP contribution < -0.4 is 20.3 Å². The third kappa shape index (κ3) is 5.17. The second kappa shape index (κ2) is 10.3. The molecule has 0 saturated carbocycles. The minimum Gasteiger partial charge on any atom is -0.480 e. The molecule has 10 nitrogen and oxygen atoms in total. The Kier molecular flexibility index (Phi) is 6.95. The van der Waals surface area contributed by atoms with Crippen molar-refractivity contribution in [2.75, 3.05) is 11.9 Å². The zero-order valence-electron chi connectivity index (χ0n) is 20.3. The molecule has 0 unspecified atom stereocenters. The number of carboxylic acid groups (broad SMARTS) is 1. The molecule has 0 aliphatic heterocycles. The van der Waals surface area contributed by atoms with Crippen LogP contribution >= 0.6 is 0 Å². The lowest BCUT2D eigenvalue weighted by atomic mass is 10.1. The summed E-state index contributed by atoms with van der Waals surface area (Å²) in [4.78, 5) is 37.1. The Balaban J connectivity index is 1.65. The van der Waals surface area contributed by atoms with Gasteiger partial charge in [0.15, 0.2) is 12.4 Å². The number of hydrogen-bond donors (Lipinski definition) is 2. The number of anilines is 2. The van der Waals surface area contributed by atoms with Gasteiger partial charge < -0.3 is 19.9 Å². The van der Waals surface area contributed by atoms with Crippen molar-refractivity contribution in [2.45, 2.75) is 27.7 Å². The molecular formula is C26H25N5O5. The van der Waals surface area contributed by atoms with Crippen LogP contribution in [0.5, 0.6) is 17.4 Å². The number of ether oxygens (including phenoxy) is 2. The van der Waals surface area contributed by atoms with Crippen molar-refractivity contribution in [3.63, 3.8) is 0 Å². The molecule has 0 amide bonds. The number of nitrogens with zero attached hydrogens (tertiary/aromatic N) is 4. The first-order valence-corrected chi connectivity index (χ1v) is 11.1. The van der Waals surface area contributed by atoms with E-state index in [0.717, 1.165) is 11.1 Å². The average molecular weight is 488 g/mol. The molecule has 184 valence electrons. The molecule has 0 spiro atoms. The number of carboxylic acids is 1. The van der Waals surface area contributed by atoms with Crippen molar-refractivity contribution in [1.29, 1.82) is 0 Å². The second-order valence-electron chi connectivity index (χ2n) is 8.13. The molecule has 0 fully saturated rings. The lowest BCUT2D eigenvalue weighted by molar-refractivity contribution is -0.139. The fourth-order valence-corrected chi connectivity index (χ4v) is 3.59. The number of aromatic nitrogens is 4. The molecule has 0 aliphatic rings. The zero-order chi connectivity index (χ0) is 25.8. The van der Waals surface area contributed by atoms with Crippen LogP contribution in [0.25, 0.3) is 5.82 Å². The quantitative estimate of drug-likeness (QED) is 0.375. The van der Waals surface area contributed by atoms with Crippen molar-refractivity contribution < 1.29 is 19.4 Å². The molecular weight excluding hydrogens is 462 g/mol. The number of carbonyl (C=O) groups is 1. The maximum Gasteiger partial charge on any atom is 0.341 e. The average Bonchev–Trinajstić information content (AvgIpc) is 2.83. The lowest BCUT2D eigenvalue weighted by Gasteiger charge is -2.15. The number of aliphatic carboxylic acids is 1. The van der Waals surface area contributed by atoms with Gasteiger partial charge in [-0.05, 0) is 68.7 Å². The molecule has 36 heavy (non-hydrogen) atoms. The van der Waals surface area contributed by atoms with E-state index < -0.39 is 18.1 Å². The first kappa shape index (κ1) is 24.4. The first-order chi connectivity index (χ1) is 17.2. The molecule has 0 saturated heterocycles. The van der Waals surface area contributed by atoms with E-state index in [2.05, 4.69) is 20.3 Å². The van der Waals surface area contributed by atoms with Crippen LogP contribution in [0.15, 0.2) is 59.8 Å². The highest BCUT2D eigenvalue weighted by Crippen LogP contribution is 2.31. The van der Waals surface area contributed by atoms with Gasteiger partial charge in [-0.3, -0.25) is 9.36 Å². The van der Waals surface area contributed by atoms with Crippen molar-refractivity contribution >= 4 is 17.5 Å². The molecule has 3 aromatic heterocycles. The van der Waals surface area contributed by atoms with Crippen LogP contribution in [0.2, 0.25) is 0 Å². The van der Waals surface area contributed by atoms with Gasteiger partial charge in [0.05, 0.1) is 5.69 Å². The van der Waals surface area contributed by atoms with E-state index in [1.54, 1.807) is 38.2 Å². The van der Waals surface area contributed by atoms with E-state index in [9.17, 15) is 9.59 Å². The highest BCUT2D eigenvalue weighted by atomic mass is 16.5. The van der Waals surface area contributed by atoms with Gasteiger partial charge >= 0.3 is 5.97 Å². The Bertz CT molecular complexity index is 1480. The van der Waals surface area contributed by atoms with Gasteiger partial charge in [-0.15, -0.1) is 0 Å². The van der Waals surface area contributed by atoms with Crippen LogP contribution in [0.4, 0.5) is 11.5 Å². The largest absolute Gasteiger partial charge is 0.480 e. The number of aryl methyl sites for hydroxylation is 3. The summed E-state index contributed by atoms with van der Waals surface area (Å²) in [5.74, 6) is 0.643. The standard InChI is InChI=1S/C26H25N5O5/c1-15-7-5-9-20(17(15)3)36-25-19(8-6-10-28-25)30-24-26(34)31(12-11-27-24)21-13-16(2)23(18(4)29-21)35-14-22(32)33/h5-13H,14H2,1-4H3,(H,27,30)(H,32,33). The Hall–Kier alpha value is -4.73. The van der Waals surface area contributed by atoms with Gasteiger partial charge in [0, 0.05) is 18.6 Å². The van der Waals surface area contributed by atoms with E-state index in [-0.39, 0.29) is 5.82 Å².